The number of H-pyrrole nitrogens is 1. The van der Waals surface area contributed by atoms with Gasteiger partial charge < -0.3 is 9.55 Å². The predicted octanol–water partition coefficient (Wildman–Crippen LogP) is 4.24. The Hall–Kier alpha value is -1.53. The number of imidazole rings is 1. The van der Waals surface area contributed by atoms with Gasteiger partial charge in [-0.05, 0) is 58.3 Å². The molecule has 0 fully saturated rings. The fraction of sp³-hybridized carbons (Fsp3) is 0.143. The lowest BCUT2D eigenvalue weighted by molar-refractivity contribution is 0.622. The summed E-state index contributed by atoms with van der Waals surface area (Å²) in [4.78, 5) is 7.03. The van der Waals surface area contributed by atoms with Gasteiger partial charge in [-0.25, -0.2) is 4.39 Å². The number of aryl methyl sites for hydroxylation is 2. The molecule has 3 nitrogen and oxygen atoms in total. The van der Waals surface area contributed by atoms with E-state index in [1.54, 1.807) is 18.5 Å². The molecule has 0 aliphatic rings. The number of hydrogen-bond acceptors (Lipinski definition) is 2. The van der Waals surface area contributed by atoms with Gasteiger partial charge in [0.25, 0.3) is 0 Å². The third-order valence-electron chi connectivity index (χ3n) is 3.19. The Balaban J connectivity index is 1.97. The lowest BCUT2D eigenvalue weighted by Gasteiger charge is -2.05. The monoisotopic (exact) mass is 351 g/mol. The van der Waals surface area contributed by atoms with Crippen molar-refractivity contribution in [1.82, 2.24) is 14.5 Å². The summed E-state index contributed by atoms with van der Waals surface area (Å²) in [7, 11) is 0. The SMILES string of the molecule is Fc1cc2[nH]c(=S)n(CCc3ccncc3)c2cc1Br. The lowest BCUT2D eigenvalue weighted by Crippen LogP contribution is -2.01. The summed E-state index contributed by atoms with van der Waals surface area (Å²) in [6, 6.07) is 7.17. The molecule has 1 N–H and O–H groups in total. The van der Waals surface area contributed by atoms with Gasteiger partial charge in [-0.2, -0.15) is 0 Å². The van der Waals surface area contributed by atoms with Gasteiger partial charge in [0.05, 0.1) is 15.5 Å². The van der Waals surface area contributed by atoms with E-state index < -0.39 is 0 Å². The van der Waals surface area contributed by atoms with Crippen LogP contribution in [0.3, 0.4) is 0 Å². The summed E-state index contributed by atoms with van der Waals surface area (Å²) in [6.45, 7) is 0.737. The molecule has 20 heavy (non-hydrogen) atoms. The number of nitrogens with one attached hydrogen (secondary N) is 1. The molecule has 3 aromatic rings. The van der Waals surface area contributed by atoms with E-state index in [1.165, 1.54) is 11.6 Å². The first-order chi connectivity index (χ1) is 9.65. The number of aromatic nitrogens is 3. The van der Waals surface area contributed by atoms with Crippen LogP contribution < -0.4 is 0 Å². The zero-order valence-corrected chi connectivity index (χ0v) is 12.8. The smallest absolute Gasteiger partial charge is 0.178 e. The van der Waals surface area contributed by atoms with Crippen molar-refractivity contribution in [3.8, 4) is 0 Å². The van der Waals surface area contributed by atoms with Crippen LogP contribution in [0.5, 0.6) is 0 Å². The van der Waals surface area contributed by atoms with Crippen LogP contribution in [0.25, 0.3) is 11.0 Å². The topological polar surface area (TPSA) is 33.6 Å². The van der Waals surface area contributed by atoms with E-state index in [1.807, 2.05) is 16.7 Å². The maximum Gasteiger partial charge on any atom is 0.178 e. The second-order valence-corrected chi connectivity index (χ2v) is 5.71. The summed E-state index contributed by atoms with van der Waals surface area (Å²) >= 11 is 8.52. The second-order valence-electron chi connectivity index (χ2n) is 4.47. The van der Waals surface area contributed by atoms with Gasteiger partial charge in [-0.3, -0.25) is 4.98 Å². The van der Waals surface area contributed by atoms with E-state index in [-0.39, 0.29) is 5.82 Å². The van der Waals surface area contributed by atoms with Crippen molar-refractivity contribution in [3.05, 3.63) is 57.3 Å². The third-order valence-corrected chi connectivity index (χ3v) is 4.12. The van der Waals surface area contributed by atoms with Crippen molar-refractivity contribution < 1.29 is 4.39 Å². The highest BCUT2D eigenvalue weighted by Gasteiger charge is 2.08. The van der Waals surface area contributed by atoms with Crippen molar-refractivity contribution in [1.29, 1.82) is 0 Å². The molecule has 3 rings (SSSR count). The minimum atomic E-state index is -0.296. The van der Waals surface area contributed by atoms with E-state index >= 15 is 0 Å². The molecule has 0 saturated carbocycles. The number of rotatable bonds is 3. The average molecular weight is 352 g/mol. The molecule has 2 aromatic heterocycles. The molecule has 0 radical (unpaired) electrons. The van der Waals surface area contributed by atoms with Crippen LogP contribution in [0.2, 0.25) is 0 Å². The molecular formula is C14H11BrFN3S. The van der Waals surface area contributed by atoms with Crippen molar-refractivity contribution in [3.63, 3.8) is 0 Å². The van der Waals surface area contributed by atoms with Crippen LogP contribution in [0.15, 0.2) is 41.1 Å². The lowest BCUT2D eigenvalue weighted by atomic mass is 10.2. The summed E-state index contributed by atoms with van der Waals surface area (Å²) < 4.78 is 16.5. The first-order valence-corrected chi connectivity index (χ1v) is 7.32. The Kier molecular flexibility index (Phi) is 3.67. The number of fused-ring (bicyclic) bond motifs is 1. The van der Waals surface area contributed by atoms with Gasteiger partial charge in [-0.1, -0.05) is 0 Å². The first kappa shape index (κ1) is 13.5. The molecular weight excluding hydrogens is 341 g/mol. The molecule has 0 amide bonds. The Morgan fingerprint density at radius 3 is 2.80 bits per heavy atom. The van der Waals surface area contributed by atoms with E-state index in [2.05, 4.69) is 25.9 Å². The fourth-order valence-corrected chi connectivity index (χ4v) is 2.80. The molecule has 0 aliphatic heterocycles. The molecule has 0 aliphatic carbocycles. The van der Waals surface area contributed by atoms with E-state index in [4.69, 9.17) is 12.2 Å². The van der Waals surface area contributed by atoms with Gasteiger partial charge in [0, 0.05) is 25.0 Å². The molecule has 0 spiro atoms. The molecule has 0 saturated heterocycles. The number of aromatic amines is 1. The van der Waals surface area contributed by atoms with Crippen molar-refractivity contribution in [2.45, 2.75) is 13.0 Å². The minimum absolute atomic E-state index is 0.296. The Labute approximate surface area is 128 Å². The number of benzene rings is 1. The maximum absolute atomic E-state index is 13.5. The molecule has 6 heteroatoms. The van der Waals surface area contributed by atoms with Crippen LogP contribution in [-0.4, -0.2) is 14.5 Å². The standard InChI is InChI=1S/C14H11BrFN3S/c15-10-7-13-12(8-11(10)16)18-14(20)19(13)6-3-9-1-4-17-5-2-9/h1-2,4-5,7-8H,3,6H2,(H,18,20). The van der Waals surface area contributed by atoms with Gasteiger partial charge in [0.2, 0.25) is 0 Å². The molecule has 102 valence electrons. The molecule has 0 unspecified atom stereocenters. The molecule has 0 bridgehead atoms. The van der Waals surface area contributed by atoms with Gasteiger partial charge in [-0.15, -0.1) is 0 Å². The fourth-order valence-electron chi connectivity index (χ4n) is 2.16. The Morgan fingerprint density at radius 2 is 2.05 bits per heavy atom. The summed E-state index contributed by atoms with van der Waals surface area (Å²) in [5.41, 5.74) is 2.81. The van der Waals surface area contributed by atoms with Crippen molar-refractivity contribution in [2.24, 2.45) is 0 Å². The summed E-state index contributed by atoms with van der Waals surface area (Å²) in [5.74, 6) is -0.296. The van der Waals surface area contributed by atoms with Crippen LogP contribution in [0.4, 0.5) is 4.39 Å². The van der Waals surface area contributed by atoms with Crippen LogP contribution in [0.1, 0.15) is 5.56 Å². The van der Waals surface area contributed by atoms with E-state index in [9.17, 15) is 4.39 Å². The number of nitrogens with zero attached hydrogens (tertiary/aromatic N) is 2. The predicted molar refractivity (Wildman–Crippen MR) is 82.7 cm³/mol. The van der Waals surface area contributed by atoms with Crippen LogP contribution in [-0.2, 0) is 13.0 Å². The zero-order valence-electron chi connectivity index (χ0n) is 10.4. The Morgan fingerprint density at radius 1 is 1.30 bits per heavy atom. The van der Waals surface area contributed by atoms with E-state index in [0.717, 1.165) is 18.5 Å². The zero-order chi connectivity index (χ0) is 14.1. The van der Waals surface area contributed by atoms with Crippen molar-refractivity contribution >= 4 is 39.2 Å². The number of pyridine rings is 1. The quantitative estimate of drug-likeness (QED) is 0.716. The second kappa shape index (κ2) is 5.46. The highest BCUT2D eigenvalue weighted by molar-refractivity contribution is 9.10. The third kappa shape index (κ3) is 2.53. The number of halogens is 2. The normalized spacial score (nSPS) is 11.1. The van der Waals surface area contributed by atoms with E-state index in [0.29, 0.717) is 14.8 Å². The van der Waals surface area contributed by atoms with Gasteiger partial charge in [0.1, 0.15) is 5.82 Å². The summed E-state index contributed by atoms with van der Waals surface area (Å²) in [6.07, 6.45) is 4.39. The molecule has 1 aromatic carbocycles. The highest BCUT2D eigenvalue weighted by atomic mass is 79.9. The molecule has 0 atom stereocenters. The van der Waals surface area contributed by atoms with Crippen LogP contribution >= 0.6 is 28.1 Å². The van der Waals surface area contributed by atoms with Gasteiger partial charge >= 0.3 is 0 Å². The summed E-state index contributed by atoms with van der Waals surface area (Å²) in [5, 5.41) is 0. The van der Waals surface area contributed by atoms with Gasteiger partial charge in [0.15, 0.2) is 4.77 Å². The minimum Gasteiger partial charge on any atom is -0.330 e. The largest absolute Gasteiger partial charge is 0.330 e. The Bertz CT molecular complexity index is 810. The first-order valence-electron chi connectivity index (χ1n) is 6.11. The molecule has 2 heterocycles. The number of hydrogen-bond donors (Lipinski definition) is 1. The highest BCUT2D eigenvalue weighted by Crippen LogP contribution is 2.23. The maximum atomic E-state index is 13.5. The average Bonchev–Trinajstić information content (AvgIpc) is 2.73. The van der Waals surface area contributed by atoms with Crippen molar-refractivity contribution in [2.75, 3.05) is 0 Å². The van der Waals surface area contributed by atoms with Crippen LogP contribution in [0, 0.1) is 10.6 Å².